The summed E-state index contributed by atoms with van der Waals surface area (Å²) in [6.07, 6.45) is -7.17. The summed E-state index contributed by atoms with van der Waals surface area (Å²) in [6.45, 7) is 0. The molecule has 0 fully saturated rings. The van der Waals surface area contributed by atoms with Crippen LogP contribution in [0.25, 0.3) is 0 Å². The van der Waals surface area contributed by atoms with Crippen molar-refractivity contribution in [2.45, 2.75) is 23.9 Å². The van der Waals surface area contributed by atoms with Crippen LogP contribution < -0.4 is 0 Å². The van der Waals surface area contributed by atoms with Gasteiger partial charge < -0.3 is 0 Å². The number of hydrogen-bond donors (Lipinski definition) is 0. The third-order valence-electron chi connectivity index (χ3n) is 2.57. The molecule has 0 aliphatic rings. The highest BCUT2D eigenvalue weighted by atomic mass is 32.1. The maximum Gasteiger partial charge on any atom is 0.460 e. The van der Waals surface area contributed by atoms with Crippen molar-refractivity contribution in [2.75, 3.05) is 0 Å². The topological polar surface area (TPSA) is 34.1 Å². The number of thiophene rings is 1. The van der Waals surface area contributed by atoms with Crippen LogP contribution in [0.1, 0.15) is 9.67 Å². The van der Waals surface area contributed by atoms with Crippen LogP contribution in [0.2, 0.25) is 0 Å². The Morgan fingerprint density at radius 2 is 1.20 bits per heavy atom. The fourth-order valence-electron chi connectivity index (χ4n) is 1.27. The number of carbonyl (C=O) groups is 2. The molecule has 0 unspecified atom stereocenters. The van der Waals surface area contributed by atoms with Crippen LogP contribution in [0.15, 0.2) is 0 Å². The minimum Gasteiger partial charge on any atom is -0.286 e. The fraction of sp³-hybridized carbons (Fsp3) is 0.400. The first-order valence-corrected chi connectivity index (χ1v) is 6.15. The number of alkyl halides is 9. The molecule has 0 bridgehead atoms. The van der Waals surface area contributed by atoms with Crippen LogP contribution in [0, 0.1) is 16.8 Å². The summed E-state index contributed by atoms with van der Waals surface area (Å²) < 4.78 is 152. The average Bonchev–Trinajstić information content (AvgIpc) is 2.71. The van der Waals surface area contributed by atoms with Crippen LogP contribution >= 0.6 is 11.3 Å². The first-order valence-electron chi connectivity index (χ1n) is 5.33. The van der Waals surface area contributed by atoms with Crippen molar-refractivity contribution in [2.24, 2.45) is 0 Å². The van der Waals surface area contributed by atoms with Crippen molar-refractivity contribution in [3.05, 3.63) is 21.6 Å². The van der Waals surface area contributed by atoms with Gasteiger partial charge in [0, 0.05) is 0 Å². The highest BCUT2D eigenvalue weighted by Gasteiger charge is 2.79. The normalized spacial score (nSPS) is 13.9. The monoisotopic (exact) mass is 412 g/mol. The van der Waals surface area contributed by atoms with E-state index in [-0.39, 0.29) is 0 Å². The molecule has 1 heterocycles. The van der Waals surface area contributed by atoms with Gasteiger partial charge in [0.15, 0.2) is 5.82 Å². The zero-order valence-corrected chi connectivity index (χ0v) is 11.6. The molecule has 1 aromatic rings. The molecule has 2 nitrogen and oxygen atoms in total. The Morgan fingerprint density at radius 3 is 1.52 bits per heavy atom. The van der Waals surface area contributed by atoms with Crippen molar-refractivity contribution in [3.8, 4) is 0 Å². The van der Waals surface area contributed by atoms with Gasteiger partial charge in [-0.05, 0) is 0 Å². The Morgan fingerprint density at radius 1 is 0.760 bits per heavy atom. The molecule has 0 aliphatic carbocycles. The van der Waals surface area contributed by atoms with E-state index < -0.39 is 68.5 Å². The van der Waals surface area contributed by atoms with E-state index in [0.717, 1.165) is 0 Å². The summed E-state index contributed by atoms with van der Waals surface area (Å²) in [5.41, 5.74) is 0. The summed E-state index contributed by atoms with van der Waals surface area (Å²) in [7, 11) is 0. The predicted octanol–water partition coefficient (Wildman–Crippen LogP) is 4.39. The molecule has 0 N–H and O–H groups in total. The van der Waals surface area contributed by atoms with E-state index in [1.54, 1.807) is 0 Å². The molecule has 1 aromatic heterocycles. The Balaban J connectivity index is 3.39. The van der Waals surface area contributed by atoms with E-state index in [4.69, 9.17) is 0 Å². The molecule has 0 amide bonds. The van der Waals surface area contributed by atoms with Crippen LogP contribution in [0.5, 0.6) is 0 Å². The lowest BCUT2D eigenvalue weighted by atomic mass is 9.98. The molecule has 0 saturated heterocycles. The lowest BCUT2D eigenvalue weighted by Gasteiger charge is -2.28. The van der Waals surface area contributed by atoms with Gasteiger partial charge in [0.25, 0.3) is 11.6 Å². The molecule has 1 rings (SSSR count). The minimum absolute atomic E-state index is 1.04. The Bertz CT molecular complexity index is 716. The zero-order chi connectivity index (χ0) is 20.2. The highest BCUT2D eigenvalue weighted by Crippen LogP contribution is 2.49. The lowest BCUT2D eigenvalue weighted by molar-refractivity contribution is -0.345. The van der Waals surface area contributed by atoms with Gasteiger partial charge in [0.2, 0.25) is 10.9 Å². The van der Waals surface area contributed by atoms with E-state index >= 15 is 0 Å². The lowest BCUT2D eigenvalue weighted by Crippen LogP contribution is -2.61. The Kier molecular flexibility index (Phi) is 4.99. The van der Waals surface area contributed by atoms with Crippen LogP contribution in [0.3, 0.4) is 0 Å². The van der Waals surface area contributed by atoms with Crippen LogP contribution in [-0.4, -0.2) is 35.5 Å². The molecule has 25 heavy (non-hydrogen) atoms. The van der Waals surface area contributed by atoms with Gasteiger partial charge in [-0.15, -0.1) is 0 Å². The smallest absolute Gasteiger partial charge is 0.286 e. The molecular formula is C10F12O2S. The Hall–Kier alpha value is -1.80. The summed E-state index contributed by atoms with van der Waals surface area (Å²) in [4.78, 5) is 19.6. The largest absolute Gasteiger partial charge is 0.460 e. The standard InChI is InChI=1S/C10F12O2S/c11-1-2(12)5(13)25-3(1)4(23)7(14,15)6(24)8(16,17)9(18,19)10(20,21)22. The van der Waals surface area contributed by atoms with Crippen LogP contribution in [-0.2, 0) is 4.79 Å². The minimum atomic E-state index is -7.31. The second-order valence-corrected chi connectivity index (χ2v) is 5.18. The summed E-state index contributed by atoms with van der Waals surface area (Å²) >= 11 is -1.04. The van der Waals surface area contributed by atoms with Crippen molar-refractivity contribution in [1.82, 2.24) is 0 Å². The summed E-state index contributed by atoms with van der Waals surface area (Å²) in [5.74, 6) is -33.9. The number of Topliss-reactive ketones (excluding diaryl/α,β-unsaturated/α-hetero) is 2. The third-order valence-corrected chi connectivity index (χ3v) is 3.50. The molecule has 0 atom stereocenters. The first kappa shape index (κ1) is 21.2. The quantitative estimate of drug-likeness (QED) is 0.409. The van der Waals surface area contributed by atoms with Gasteiger partial charge in [-0.25, -0.2) is 4.39 Å². The number of halogens is 12. The van der Waals surface area contributed by atoms with Crippen molar-refractivity contribution < 1.29 is 62.3 Å². The molecule has 0 spiro atoms. The fourth-order valence-corrected chi connectivity index (χ4v) is 2.03. The van der Waals surface area contributed by atoms with Gasteiger partial charge in [0.1, 0.15) is 4.88 Å². The van der Waals surface area contributed by atoms with Gasteiger partial charge >= 0.3 is 23.9 Å². The van der Waals surface area contributed by atoms with E-state index in [2.05, 4.69) is 0 Å². The Labute approximate surface area is 132 Å². The van der Waals surface area contributed by atoms with Crippen molar-refractivity contribution in [1.29, 1.82) is 0 Å². The molecule has 15 heteroatoms. The van der Waals surface area contributed by atoms with E-state index in [0.29, 0.717) is 0 Å². The third kappa shape index (κ3) is 3.08. The predicted molar refractivity (Wildman–Crippen MR) is 54.4 cm³/mol. The molecule has 0 aromatic carbocycles. The van der Waals surface area contributed by atoms with Gasteiger partial charge in [-0.2, -0.15) is 48.3 Å². The summed E-state index contributed by atoms with van der Waals surface area (Å²) in [5, 5.41) is -2.24. The zero-order valence-electron chi connectivity index (χ0n) is 10.8. The van der Waals surface area contributed by atoms with E-state index in [9.17, 15) is 62.3 Å². The average molecular weight is 412 g/mol. The van der Waals surface area contributed by atoms with E-state index in [1.165, 1.54) is 0 Å². The molecular weight excluding hydrogens is 412 g/mol. The summed E-state index contributed by atoms with van der Waals surface area (Å²) in [6, 6.07) is 0. The van der Waals surface area contributed by atoms with Gasteiger partial charge in [-0.1, -0.05) is 11.3 Å². The molecule has 0 aliphatic heterocycles. The molecule has 0 radical (unpaired) electrons. The molecule has 142 valence electrons. The maximum absolute atomic E-state index is 13.3. The number of hydrogen-bond acceptors (Lipinski definition) is 3. The van der Waals surface area contributed by atoms with Gasteiger partial charge in [0.05, 0.1) is 0 Å². The second-order valence-electron chi connectivity index (χ2n) is 4.21. The van der Waals surface area contributed by atoms with Crippen molar-refractivity contribution in [3.63, 3.8) is 0 Å². The number of carbonyl (C=O) groups excluding carboxylic acids is 2. The first-order chi connectivity index (χ1) is 10.9. The number of ketones is 2. The highest BCUT2D eigenvalue weighted by molar-refractivity contribution is 7.12. The van der Waals surface area contributed by atoms with Crippen molar-refractivity contribution >= 4 is 22.9 Å². The second kappa shape index (κ2) is 5.88. The maximum atomic E-state index is 13.3. The van der Waals surface area contributed by atoms with Crippen LogP contribution in [0.4, 0.5) is 52.7 Å². The SMILES string of the molecule is O=C(c1sc(F)c(F)c1F)C(F)(F)C(=O)C(F)(F)C(F)(F)C(F)(F)F. The number of rotatable bonds is 5. The molecule has 0 saturated carbocycles. The van der Waals surface area contributed by atoms with E-state index in [1.807, 2.05) is 0 Å². The van der Waals surface area contributed by atoms with Gasteiger partial charge in [-0.3, -0.25) is 9.59 Å².